The average molecular weight is 196 g/mol. The molecule has 3 rings (SSSR count). The minimum absolute atomic E-state index is 0.440. The highest BCUT2D eigenvalue weighted by Crippen LogP contribution is 2.30. The second-order valence-electron chi connectivity index (χ2n) is 3.25. The molecule has 0 saturated carbocycles. The molecule has 0 aromatic heterocycles. The summed E-state index contributed by atoms with van der Waals surface area (Å²) in [5, 5.41) is 1.30. The predicted octanol–water partition coefficient (Wildman–Crippen LogP) is 1.99. The Morgan fingerprint density at radius 2 is 1.50 bits per heavy atom. The Hall–Kier alpha value is -1.54. The van der Waals surface area contributed by atoms with Crippen LogP contribution in [-0.2, 0) is 0 Å². The van der Waals surface area contributed by atoms with E-state index in [2.05, 4.69) is 30.3 Å². The molecule has 0 atom stereocenters. The molecule has 1 aliphatic heterocycles. The first-order valence-electron chi connectivity index (χ1n) is 4.56. The van der Waals surface area contributed by atoms with Crippen molar-refractivity contribution in [3.8, 4) is 16.9 Å². The normalized spacial score (nSPS) is 12.6. The fourth-order valence-corrected chi connectivity index (χ4v) is 2.59. The molecule has 0 amide bonds. The van der Waals surface area contributed by atoms with Gasteiger partial charge in [0.25, 0.3) is 0 Å². The van der Waals surface area contributed by atoms with Gasteiger partial charge in [-0.25, -0.2) is 0 Å². The molecule has 0 bridgehead atoms. The summed E-state index contributed by atoms with van der Waals surface area (Å²) in [7, 11) is 0.440. The fraction of sp³-hybridized carbons (Fsp3) is 0. The van der Waals surface area contributed by atoms with Crippen molar-refractivity contribution in [1.82, 2.24) is 0 Å². The molecule has 2 aromatic carbocycles. The summed E-state index contributed by atoms with van der Waals surface area (Å²) in [6, 6.07) is 16.6. The van der Waals surface area contributed by atoms with Gasteiger partial charge in [0.15, 0.2) is 0 Å². The zero-order chi connectivity index (χ0) is 9.38. The van der Waals surface area contributed by atoms with Gasteiger partial charge in [0.2, 0.25) is 0 Å². The Morgan fingerprint density at radius 3 is 2.43 bits per heavy atom. The van der Waals surface area contributed by atoms with Gasteiger partial charge in [-0.3, -0.25) is 0 Å². The second kappa shape index (κ2) is 2.99. The van der Waals surface area contributed by atoms with Gasteiger partial charge in [-0.15, -0.1) is 0 Å². The van der Waals surface area contributed by atoms with Gasteiger partial charge in [0, 0.05) is 5.56 Å². The van der Waals surface area contributed by atoms with Gasteiger partial charge in [0.05, 0.1) is 0 Å². The van der Waals surface area contributed by atoms with Crippen LogP contribution >= 0.6 is 0 Å². The summed E-state index contributed by atoms with van der Waals surface area (Å²) in [4.78, 5) is 0. The highest BCUT2D eigenvalue weighted by atomic mass is 28.2. The molecular formula is C12H8OSi. The van der Waals surface area contributed by atoms with Crippen LogP contribution in [0.4, 0.5) is 0 Å². The van der Waals surface area contributed by atoms with Crippen molar-refractivity contribution >= 4 is 14.9 Å². The molecule has 66 valence electrons. The number of hydrogen-bond donors (Lipinski definition) is 0. The Morgan fingerprint density at radius 1 is 0.786 bits per heavy atom. The molecule has 2 radical (unpaired) electrons. The van der Waals surface area contributed by atoms with Crippen molar-refractivity contribution in [3.05, 3.63) is 48.5 Å². The van der Waals surface area contributed by atoms with Gasteiger partial charge in [-0.2, -0.15) is 0 Å². The molecule has 0 saturated heterocycles. The highest BCUT2D eigenvalue weighted by Gasteiger charge is 2.16. The second-order valence-corrected chi connectivity index (χ2v) is 4.19. The van der Waals surface area contributed by atoms with E-state index in [1.807, 2.05) is 18.2 Å². The van der Waals surface area contributed by atoms with Crippen LogP contribution in [-0.4, -0.2) is 9.76 Å². The zero-order valence-corrected chi connectivity index (χ0v) is 8.53. The number of fused-ring (bicyclic) bond motifs is 3. The maximum absolute atomic E-state index is 5.68. The molecule has 0 N–H and O–H groups in total. The molecule has 14 heavy (non-hydrogen) atoms. The van der Waals surface area contributed by atoms with E-state index < -0.39 is 0 Å². The lowest BCUT2D eigenvalue weighted by Gasteiger charge is -2.18. The van der Waals surface area contributed by atoms with Crippen LogP contribution < -0.4 is 9.61 Å². The first-order valence-corrected chi connectivity index (χ1v) is 5.47. The van der Waals surface area contributed by atoms with Crippen LogP contribution in [0.1, 0.15) is 0 Å². The quantitative estimate of drug-likeness (QED) is 0.585. The maximum atomic E-state index is 5.68. The van der Waals surface area contributed by atoms with E-state index in [0.29, 0.717) is 9.76 Å². The lowest BCUT2D eigenvalue weighted by Crippen LogP contribution is -2.26. The molecule has 2 aromatic rings. The van der Waals surface area contributed by atoms with Gasteiger partial charge in [-0.1, -0.05) is 42.5 Å². The predicted molar refractivity (Wildman–Crippen MR) is 57.9 cm³/mol. The lowest BCUT2D eigenvalue weighted by molar-refractivity contribution is 0.603. The van der Waals surface area contributed by atoms with Gasteiger partial charge < -0.3 is 4.43 Å². The molecule has 0 aliphatic carbocycles. The van der Waals surface area contributed by atoms with Crippen molar-refractivity contribution in [3.63, 3.8) is 0 Å². The molecule has 1 heterocycles. The van der Waals surface area contributed by atoms with E-state index in [0.717, 1.165) is 5.75 Å². The van der Waals surface area contributed by atoms with Crippen LogP contribution in [0.2, 0.25) is 0 Å². The summed E-state index contributed by atoms with van der Waals surface area (Å²) in [5.41, 5.74) is 2.52. The number of benzene rings is 2. The van der Waals surface area contributed by atoms with Crippen molar-refractivity contribution in [2.75, 3.05) is 0 Å². The average Bonchev–Trinajstić information content (AvgIpc) is 2.29. The largest absolute Gasteiger partial charge is 0.535 e. The van der Waals surface area contributed by atoms with Crippen molar-refractivity contribution in [1.29, 1.82) is 0 Å². The topological polar surface area (TPSA) is 9.23 Å². The highest BCUT2D eigenvalue weighted by molar-refractivity contribution is 6.51. The van der Waals surface area contributed by atoms with Gasteiger partial charge in [-0.05, 0) is 16.8 Å². The van der Waals surface area contributed by atoms with E-state index >= 15 is 0 Å². The van der Waals surface area contributed by atoms with Crippen molar-refractivity contribution in [2.45, 2.75) is 0 Å². The number of para-hydroxylation sites is 1. The third-order valence-electron chi connectivity index (χ3n) is 2.38. The number of rotatable bonds is 0. The SMILES string of the molecule is c1ccc2c(c1)O[Si]c1ccccc1-2. The van der Waals surface area contributed by atoms with Crippen molar-refractivity contribution in [2.24, 2.45) is 0 Å². The minimum Gasteiger partial charge on any atom is -0.535 e. The Bertz CT molecular complexity index is 434. The standard InChI is InChI=1S/C12H8OSi/c1-3-7-11-9(5-1)10-6-2-4-8-12(10)14-13-11/h1-8H. The lowest BCUT2D eigenvalue weighted by atomic mass is 10.0. The van der Waals surface area contributed by atoms with Crippen LogP contribution in [0.5, 0.6) is 5.75 Å². The maximum Gasteiger partial charge on any atom is 0.351 e. The van der Waals surface area contributed by atoms with E-state index in [1.54, 1.807) is 0 Å². The summed E-state index contributed by atoms with van der Waals surface area (Å²) >= 11 is 0. The summed E-state index contributed by atoms with van der Waals surface area (Å²) in [5.74, 6) is 1.00. The summed E-state index contributed by atoms with van der Waals surface area (Å²) in [6.07, 6.45) is 0. The van der Waals surface area contributed by atoms with Crippen LogP contribution in [0.3, 0.4) is 0 Å². The van der Waals surface area contributed by atoms with Gasteiger partial charge in [0.1, 0.15) is 5.75 Å². The molecule has 1 aliphatic rings. The van der Waals surface area contributed by atoms with E-state index in [4.69, 9.17) is 4.43 Å². The first-order chi connectivity index (χ1) is 6.95. The Kier molecular flexibility index (Phi) is 1.67. The molecule has 2 heteroatoms. The molecule has 0 fully saturated rings. The van der Waals surface area contributed by atoms with E-state index in [9.17, 15) is 0 Å². The molecule has 0 spiro atoms. The third kappa shape index (κ3) is 1.08. The third-order valence-corrected chi connectivity index (χ3v) is 3.35. The van der Waals surface area contributed by atoms with Crippen LogP contribution in [0.25, 0.3) is 11.1 Å². The monoisotopic (exact) mass is 196 g/mol. The summed E-state index contributed by atoms with van der Waals surface area (Å²) in [6.45, 7) is 0. The van der Waals surface area contributed by atoms with Crippen molar-refractivity contribution < 1.29 is 4.43 Å². The number of hydrogen-bond acceptors (Lipinski definition) is 1. The molecule has 1 nitrogen and oxygen atoms in total. The van der Waals surface area contributed by atoms with Crippen LogP contribution in [0.15, 0.2) is 48.5 Å². The molecule has 0 unspecified atom stereocenters. The Balaban J connectivity index is 2.29. The fourth-order valence-electron chi connectivity index (χ4n) is 1.70. The van der Waals surface area contributed by atoms with E-state index in [1.165, 1.54) is 16.3 Å². The smallest absolute Gasteiger partial charge is 0.351 e. The first kappa shape index (κ1) is 7.82. The van der Waals surface area contributed by atoms with Gasteiger partial charge >= 0.3 is 9.76 Å². The Labute approximate surface area is 85.3 Å². The summed E-state index contributed by atoms with van der Waals surface area (Å²) < 4.78 is 5.68. The molecular weight excluding hydrogens is 188 g/mol. The van der Waals surface area contributed by atoms with Crippen LogP contribution in [0, 0.1) is 0 Å². The minimum atomic E-state index is 0.440. The zero-order valence-electron chi connectivity index (χ0n) is 7.53. The van der Waals surface area contributed by atoms with E-state index in [-0.39, 0.29) is 0 Å².